The lowest BCUT2D eigenvalue weighted by Crippen LogP contribution is -2.15. The fourth-order valence-corrected chi connectivity index (χ4v) is 2.94. The first-order valence-corrected chi connectivity index (χ1v) is 7.15. The molecular weight excluding hydrogens is 234 g/mol. The van der Waals surface area contributed by atoms with Gasteiger partial charge in [-0.3, -0.25) is 0 Å². The van der Waals surface area contributed by atoms with E-state index in [0.717, 1.165) is 13.1 Å². The standard InChI is InChI=1S/C16H21N3/c1-13-5-2-3-7-15(13)16-11-18-12-19(16)14-6-4-9-17-10-8-14/h2-3,5,7,11-12,14,17H,4,6,8-10H2,1H3. The Morgan fingerprint density at radius 1 is 1.21 bits per heavy atom. The Labute approximate surface area is 114 Å². The summed E-state index contributed by atoms with van der Waals surface area (Å²) in [6.45, 7) is 4.42. The number of rotatable bonds is 2. The van der Waals surface area contributed by atoms with E-state index in [1.807, 2.05) is 12.5 Å². The normalized spacial score (nSPS) is 20.2. The highest BCUT2D eigenvalue weighted by Crippen LogP contribution is 2.29. The monoisotopic (exact) mass is 255 g/mol. The second-order valence-electron chi connectivity index (χ2n) is 5.34. The summed E-state index contributed by atoms with van der Waals surface area (Å²) in [6.07, 6.45) is 7.67. The number of aromatic nitrogens is 2. The number of nitrogens with zero attached hydrogens (tertiary/aromatic N) is 2. The molecule has 1 aliphatic rings. The second-order valence-corrected chi connectivity index (χ2v) is 5.34. The van der Waals surface area contributed by atoms with Crippen molar-refractivity contribution in [2.45, 2.75) is 32.2 Å². The molecule has 1 aromatic carbocycles. The van der Waals surface area contributed by atoms with Crippen LogP contribution in [0.3, 0.4) is 0 Å². The van der Waals surface area contributed by atoms with Crippen LogP contribution in [0.15, 0.2) is 36.8 Å². The minimum absolute atomic E-state index is 0.576. The average molecular weight is 255 g/mol. The van der Waals surface area contributed by atoms with Crippen molar-refractivity contribution in [3.8, 4) is 11.3 Å². The molecular formula is C16H21N3. The SMILES string of the molecule is Cc1ccccc1-c1cncn1C1CCCNCC1. The van der Waals surface area contributed by atoms with E-state index < -0.39 is 0 Å². The molecule has 1 N–H and O–H groups in total. The van der Waals surface area contributed by atoms with Crippen molar-refractivity contribution >= 4 is 0 Å². The van der Waals surface area contributed by atoms with Gasteiger partial charge in [-0.25, -0.2) is 4.98 Å². The third-order valence-electron chi connectivity index (χ3n) is 4.03. The van der Waals surface area contributed by atoms with Gasteiger partial charge in [-0.15, -0.1) is 0 Å². The number of benzene rings is 1. The van der Waals surface area contributed by atoms with Gasteiger partial charge in [0.05, 0.1) is 18.2 Å². The highest BCUT2D eigenvalue weighted by molar-refractivity contribution is 5.63. The third kappa shape index (κ3) is 2.56. The molecule has 0 saturated carbocycles. The topological polar surface area (TPSA) is 29.9 Å². The van der Waals surface area contributed by atoms with Crippen molar-refractivity contribution in [3.05, 3.63) is 42.4 Å². The van der Waals surface area contributed by atoms with Gasteiger partial charge in [0.25, 0.3) is 0 Å². The predicted octanol–water partition coefficient (Wildman–Crippen LogP) is 3.17. The molecule has 3 nitrogen and oxygen atoms in total. The highest BCUT2D eigenvalue weighted by atomic mass is 15.1. The summed E-state index contributed by atoms with van der Waals surface area (Å²) in [5, 5.41) is 3.48. The van der Waals surface area contributed by atoms with Crippen LogP contribution < -0.4 is 5.32 Å². The van der Waals surface area contributed by atoms with Crippen LogP contribution in [-0.2, 0) is 0 Å². The molecule has 1 unspecified atom stereocenters. The lowest BCUT2D eigenvalue weighted by atomic mass is 10.0. The van der Waals surface area contributed by atoms with Crippen molar-refractivity contribution in [3.63, 3.8) is 0 Å². The van der Waals surface area contributed by atoms with E-state index in [4.69, 9.17) is 0 Å². The lowest BCUT2D eigenvalue weighted by Gasteiger charge is -2.19. The van der Waals surface area contributed by atoms with Crippen molar-refractivity contribution in [1.29, 1.82) is 0 Å². The molecule has 1 saturated heterocycles. The first kappa shape index (κ1) is 12.4. The summed E-state index contributed by atoms with van der Waals surface area (Å²) in [6, 6.07) is 9.13. The van der Waals surface area contributed by atoms with Crippen molar-refractivity contribution < 1.29 is 0 Å². The van der Waals surface area contributed by atoms with Gasteiger partial charge >= 0.3 is 0 Å². The molecule has 3 rings (SSSR count). The van der Waals surface area contributed by atoms with Crippen LogP contribution in [0.1, 0.15) is 30.9 Å². The Balaban J connectivity index is 1.96. The molecule has 1 atom stereocenters. The molecule has 1 aromatic heterocycles. The Bertz CT molecular complexity index is 536. The van der Waals surface area contributed by atoms with Crippen LogP contribution in [-0.4, -0.2) is 22.6 Å². The predicted molar refractivity (Wildman–Crippen MR) is 78.2 cm³/mol. The quantitative estimate of drug-likeness (QED) is 0.893. The Morgan fingerprint density at radius 2 is 2.11 bits per heavy atom. The maximum atomic E-state index is 4.39. The van der Waals surface area contributed by atoms with Crippen LogP contribution in [0.5, 0.6) is 0 Å². The van der Waals surface area contributed by atoms with Gasteiger partial charge in [-0.1, -0.05) is 24.3 Å². The van der Waals surface area contributed by atoms with Crippen LogP contribution in [0.2, 0.25) is 0 Å². The third-order valence-corrected chi connectivity index (χ3v) is 4.03. The smallest absolute Gasteiger partial charge is 0.0953 e. The molecule has 0 radical (unpaired) electrons. The van der Waals surface area contributed by atoms with Gasteiger partial charge in [0.1, 0.15) is 0 Å². The van der Waals surface area contributed by atoms with Gasteiger partial charge in [0.15, 0.2) is 0 Å². The average Bonchev–Trinajstić information content (AvgIpc) is 2.74. The Kier molecular flexibility index (Phi) is 3.65. The molecule has 0 aliphatic carbocycles. The summed E-state index contributed by atoms with van der Waals surface area (Å²) < 4.78 is 2.37. The molecule has 100 valence electrons. The van der Waals surface area contributed by atoms with E-state index >= 15 is 0 Å². The fraction of sp³-hybridized carbons (Fsp3) is 0.438. The minimum Gasteiger partial charge on any atom is -0.327 e. The summed E-state index contributed by atoms with van der Waals surface area (Å²) in [5.41, 5.74) is 3.87. The summed E-state index contributed by atoms with van der Waals surface area (Å²) in [5.74, 6) is 0. The fourth-order valence-electron chi connectivity index (χ4n) is 2.94. The van der Waals surface area contributed by atoms with Crippen molar-refractivity contribution in [2.75, 3.05) is 13.1 Å². The van der Waals surface area contributed by atoms with Crippen molar-refractivity contribution in [1.82, 2.24) is 14.9 Å². The summed E-state index contributed by atoms with van der Waals surface area (Å²) in [4.78, 5) is 4.39. The van der Waals surface area contributed by atoms with E-state index in [1.165, 1.54) is 36.1 Å². The van der Waals surface area contributed by atoms with Crippen LogP contribution in [0, 0.1) is 6.92 Å². The van der Waals surface area contributed by atoms with Gasteiger partial charge in [-0.2, -0.15) is 0 Å². The molecule has 0 bridgehead atoms. The van der Waals surface area contributed by atoms with E-state index in [2.05, 4.69) is 46.1 Å². The van der Waals surface area contributed by atoms with E-state index in [0.29, 0.717) is 6.04 Å². The zero-order valence-corrected chi connectivity index (χ0v) is 11.5. The zero-order valence-electron chi connectivity index (χ0n) is 11.5. The summed E-state index contributed by atoms with van der Waals surface area (Å²) in [7, 11) is 0. The van der Waals surface area contributed by atoms with Gasteiger partial charge in [-0.05, 0) is 44.8 Å². The van der Waals surface area contributed by atoms with Gasteiger partial charge < -0.3 is 9.88 Å². The Hall–Kier alpha value is -1.61. The van der Waals surface area contributed by atoms with Crippen molar-refractivity contribution in [2.24, 2.45) is 0 Å². The van der Waals surface area contributed by atoms with E-state index in [-0.39, 0.29) is 0 Å². The largest absolute Gasteiger partial charge is 0.327 e. The molecule has 1 aliphatic heterocycles. The highest BCUT2D eigenvalue weighted by Gasteiger charge is 2.17. The van der Waals surface area contributed by atoms with E-state index in [9.17, 15) is 0 Å². The molecule has 3 heteroatoms. The van der Waals surface area contributed by atoms with E-state index in [1.54, 1.807) is 0 Å². The summed E-state index contributed by atoms with van der Waals surface area (Å²) >= 11 is 0. The molecule has 2 heterocycles. The number of hydrogen-bond donors (Lipinski definition) is 1. The zero-order chi connectivity index (χ0) is 13.1. The van der Waals surface area contributed by atoms with Gasteiger partial charge in [0, 0.05) is 11.6 Å². The molecule has 0 spiro atoms. The Morgan fingerprint density at radius 3 is 3.00 bits per heavy atom. The van der Waals surface area contributed by atoms with Crippen LogP contribution >= 0.6 is 0 Å². The molecule has 19 heavy (non-hydrogen) atoms. The first-order chi connectivity index (χ1) is 9.36. The molecule has 0 amide bonds. The number of nitrogens with one attached hydrogen (secondary N) is 1. The van der Waals surface area contributed by atoms with Crippen LogP contribution in [0.4, 0.5) is 0 Å². The molecule has 2 aromatic rings. The maximum absolute atomic E-state index is 4.39. The maximum Gasteiger partial charge on any atom is 0.0953 e. The lowest BCUT2D eigenvalue weighted by molar-refractivity contribution is 0.457. The van der Waals surface area contributed by atoms with Gasteiger partial charge in [0.2, 0.25) is 0 Å². The minimum atomic E-state index is 0.576. The second kappa shape index (κ2) is 5.57. The van der Waals surface area contributed by atoms with Crippen LogP contribution in [0.25, 0.3) is 11.3 Å². The number of hydrogen-bond acceptors (Lipinski definition) is 2. The first-order valence-electron chi connectivity index (χ1n) is 7.15. The molecule has 1 fully saturated rings. The number of aryl methyl sites for hydroxylation is 1. The number of imidazole rings is 1.